The van der Waals surface area contributed by atoms with Crippen LogP contribution >= 0.6 is 12.2 Å². The summed E-state index contributed by atoms with van der Waals surface area (Å²) in [4.78, 5) is 0.963. The van der Waals surface area contributed by atoms with Crippen molar-refractivity contribution in [3.63, 3.8) is 0 Å². The first-order chi connectivity index (χ1) is 6.04. The van der Waals surface area contributed by atoms with E-state index in [1.807, 2.05) is 27.7 Å². The predicted molar refractivity (Wildman–Crippen MR) is 68.4 cm³/mol. The average Bonchev–Trinajstić information content (AvgIpc) is 2.10. The number of thiocarbonyl (C=S) groups is 1. The summed E-state index contributed by atoms with van der Waals surface area (Å²) in [5, 5.41) is 3.17. The summed E-state index contributed by atoms with van der Waals surface area (Å²) in [6.45, 7) is 16.4. The molecule has 0 bridgehead atoms. The van der Waals surface area contributed by atoms with Gasteiger partial charge in [-0.3, -0.25) is 0 Å². The van der Waals surface area contributed by atoms with E-state index in [4.69, 9.17) is 12.2 Å². The zero-order valence-corrected chi connectivity index (χ0v) is 11.4. The average molecular weight is 205 g/mol. The highest BCUT2D eigenvalue weighted by Gasteiger charge is 2.01. The van der Waals surface area contributed by atoms with Crippen LogP contribution in [-0.2, 0) is 0 Å². The predicted octanol–water partition coefficient (Wildman–Crippen LogP) is 4.02. The van der Waals surface area contributed by atoms with E-state index in [0.29, 0.717) is 12.0 Å². The SMILES string of the molecule is CC.CC.CC(C)NC(=S)C(C)C. The Hall–Kier alpha value is -0.110. The summed E-state index contributed by atoms with van der Waals surface area (Å²) in [6.07, 6.45) is 0. The van der Waals surface area contributed by atoms with E-state index in [1.54, 1.807) is 0 Å². The van der Waals surface area contributed by atoms with E-state index in [2.05, 4.69) is 33.0 Å². The number of hydrogen-bond donors (Lipinski definition) is 1. The van der Waals surface area contributed by atoms with E-state index in [1.165, 1.54) is 0 Å². The second-order valence-corrected chi connectivity index (χ2v) is 3.26. The third-order valence-electron chi connectivity index (χ3n) is 0.955. The smallest absolute Gasteiger partial charge is 0.0781 e. The second-order valence-electron chi connectivity index (χ2n) is 2.82. The van der Waals surface area contributed by atoms with Crippen molar-refractivity contribution >= 4 is 17.2 Å². The molecule has 0 amide bonds. The minimum atomic E-state index is 0.472. The van der Waals surface area contributed by atoms with Gasteiger partial charge in [0.05, 0.1) is 4.99 Å². The molecular weight excluding hydrogens is 178 g/mol. The molecule has 0 aromatic carbocycles. The van der Waals surface area contributed by atoms with Crippen LogP contribution in [0.25, 0.3) is 0 Å². The standard InChI is InChI=1S/C7H15NS.2C2H6/c1-5(2)7(9)8-6(3)4;2*1-2/h5-6H,1-4H3,(H,8,9);2*1-2H3. The molecule has 0 aliphatic carbocycles. The highest BCUT2D eigenvalue weighted by molar-refractivity contribution is 7.80. The van der Waals surface area contributed by atoms with Crippen molar-refractivity contribution in [1.82, 2.24) is 5.32 Å². The molecule has 2 heteroatoms. The van der Waals surface area contributed by atoms with Crippen LogP contribution in [0.2, 0.25) is 0 Å². The van der Waals surface area contributed by atoms with Crippen LogP contribution in [0.5, 0.6) is 0 Å². The van der Waals surface area contributed by atoms with E-state index < -0.39 is 0 Å². The lowest BCUT2D eigenvalue weighted by molar-refractivity contribution is 0.703. The molecule has 13 heavy (non-hydrogen) atoms. The van der Waals surface area contributed by atoms with Gasteiger partial charge in [-0.1, -0.05) is 53.8 Å². The summed E-state index contributed by atoms with van der Waals surface area (Å²) in [5.41, 5.74) is 0. The molecule has 82 valence electrons. The van der Waals surface area contributed by atoms with Crippen LogP contribution in [0, 0.1) is 5.92 Å². The molecule has 0 unspecified atom stereocenters. The summed E-state index contributed by atoms with van der Waals surface area (Å²) in [7, 11) is 0. The largest absolute Gasteiger partial charge is 0.377 e. The van der Waals surface area contributed by atoms with Gasteiger partial charge in [0.15, 0.2) is 0 Å². The van der Waals surface area contributed by atoms with Crippen LogP contribution in [0.15, 0.2) is 0 Å². The van der Waals surface area contributed by atoms with Gasteiger partial charge in [-0.05, 0) is 13.8 Å². The molecule has 0 atom stereocenters. The Morgan fingerprint density at radius 3 is 1.31 bits per heavy atom. The molecule has 0 radical (unpaired) electrons. The van der Waals surface area contributed by atoms with Gasteiger partial charge in [-0.25, -0.2) is 0 Å². The van der Waals surface area contributed by atoms with Gasteiger partial charge in [-0.15, -0.1) is 0 Å². The molecule has 0 aromatic rings. The molecule has 0 heterocycles. The minimum absolute atomic E-state index is 0.472. The molecule has 0 aliphatic rings. The first-order valence-corrected chi connectivity index (χ1v) is 5.75. The van der Waals surface area contributed by atoms with Gasteiger partial charge in [0.2, 0.25) is 0 Å². The van der Waals surface area contributed by atoms with Crippen molar-refractivity contribution in [3.05, 3.63) is 0 Å². The maximum absolute atomic E-state index is 5.04. The van der Waals surface area contributed by atoms with Crippen LogP contribution in [-0.4, -0.2) is 11.0 Å². The third-order valence-corrected chi connectivity index (χ3v) is 1.54. The molecule has 1 N–H and O–H groups in total. The van der Waals surface area contributed by atoms with E-state index in [-0.39, 0.29) is 0 Å². The van der Waals surface area contributed by atoms with Crippen molar-refractivity contribution < 1.29 is 0 Å². The van der Waals surface area contributed by atoms with Crippen molar-refractivity contribution in [2.24, 2.45) is 5.92 Å². The van der Waals surface area contributed by atoms with Crippen LogP contribution < -0.4 is 5.32 Å². The highest BCUT2D eigenvalue weighted by Crippen LogP contribution is 1.94. The number of hydrogen-bond acceptors (Lipinski definition) is 1. The van der Waals surface area contributed by atoms with Gasteiger partial charge in [0.25, 0.3) is 0 Å². The fraction of sp³-hybridized carbons (Fsp3) is 0.909. The Kier molecular flexibility index (Phi) is 20.7. The van der Waals surface area contributed by atoms with E-state index in [0.717, 1.165) is 4.99 Å². The number of rotatable bonds is 2. The molecule has 0 aromatic heterocycles. The summed E-state index contributed by atoms with van der Waals surface area (Å²) in [6, 6.07) is 0.472. The summed E-state index contributed by atoms with van der Waals surface area (Å²) in [5.74, 6) is 0.474. The fourth-order valence-electron chi connectivity index (χ4n) is 0.451. The van der Waals surface area contributed by atoms with Crippen molar-refractivity contribution in [2.75, 3.05) is 0 Å². The molecule has 1 nitrogen and oxygen atoms in total. The van der Waals surface area contributed by atoms with Gasteiger partial charge in [0, 0.05) is 12.0 Å². The number of nitrogens with one attached hydrogen (secondary N) is 1. The van der Waals surface area contributed by atoms with Gasteiger partial charge >= 0.3 is 0 Å². The van der Waals surface area contributed by atoms with E-state index in [9.17, 15) is 0 Å². The summed E-state index contributed by atoms with van der Waals surface area (Å²) < 4.78 is 0. The first kappa shape index (κ1) is 18.6. The van der Waals surface area contributed by atoms with Crippen molar-refractivity contribution in [1.29, 1.82) is 0 Å². The molecule has 0 rings (SSSR count). The molecular formula is C11H27NS. The third kappa shape index (κ3) is 18.7. The Labute approximate surface area is 90.3 Å². The monoisotopic (exact) mass is 205 g/mol. The molecule has 0 saturated heterocycles. The Morgan fingerprint density at radius 1 is 0.923 bits per heavy atom. The fourth-order valence-corrected chi connectivity index (χ4v) is 0.687. The first-order valence-electron chi connectivity index (χ1n) is 5.34. The lowest BCUT2D eigenvalue weighted by Gasteiger charge is -2.13. The lowest BCUT2D eigenvalue weighted by atomic mass is 10.2. The lowest BCUT2D eigenvalue weighted by Crippen LogP contribution is -2.31. The van der Waals surface area contributed by atoms with Crippen molar-refractivity contribution in [2.45, 2.75) is 61.4 Å². The highest BCUT2D eigenvalue weighted by atomic mass is 32.1. The minimum Gasteiger partial charge on any atom is -0.377 e. The van der Waals surface area contributed by atoms with E-state index >= 15 is 0 Å². The zero-order valence-electron chi connectivity index (χ0n) is 10.6. The zero-order chi connectivity index (χ0) is 11.4. The Balaban J connectivity index is -0.000000218. The normalized spacial score (nSPS) is 8.15. The summed E-state index contributed by atoms with van der Waals surface area (Å²) >= 11 is 5.04. The maximum Gasteiger partial charge on any atom is 0.0781 e. The molecule has 0 spiro atoms. The van der Waals surface area contributed by atoms with Gasteiger partial charge in [0.1, 0.15) is 0 Å². The van der Waals surface area contributed by atoms with Crippen molar-refractivity contribution in [3.8, 4) is 0 Å². The molecule has 0 aliphatic heterocycles. The Morgan fingerprint density at radius 2 is 1.23 bits per heavy atom. The molecule has 0 saturated carbocycles. The van der Waals surface area contributed by atoms with Gasteiger partial charge in [-0.2, -0.15) is 0 Å². The maximum atomic E-state index is 5.04. The van der Waals surface area contributed by atoms with Gasteiger partial charge < -0.3 is 5.32 Å². The topological polar surface area (TPSA) is 12.0 Å². The quantitative estimate of drug-likeness (QED) is 0.683. The van der Waals surface area contributed by atoms with Crippen LogP contribution in [0.3, 0.4) is 0 Å². The van der Waals surface area contributed by atoms with Crippen LogP contribution in [0.1, 0.15) is 55.4 Å². The molecule has 0 fully saturated rings. The second kappa shape index (κ2) is 14.4. The van der Waals surface area contributed by atoms with Crippen LogP contribution in [0.4, 0.5) is 0 Å². The Bertz CT molecular complexity index is 98.3.